The Kier molecular flexibility index (Phi) is 1.27. The lowest BCUT2D eigenvalue weighted by atomic mass is 10.1. The first-order valence-electron chi connectivity index (χ1n) is 3.65. The van der Waals surface area contributed by atoms with Crippen molar-refractivity contribution in [2.24, 2.45) is 10.7 Å². The molecule has 0 aromatic carbocycles. The van der Waals surface area contributed by atoms with E-state index in [2.05, 4.69) is 15.2 Å². The molecular weight excluding hydrogens is 128 g/mol. The molecule has 0 amide bonds. The summed E-state index contributed by atoms with van der Waals surface area (Å²) in [5.74, 6) is 1.04. The molecule has 0 aromatic heterocycles. The highest BCUT2D eigenvalue weighted by atomic mass is 15.4. The van der Waals surface area contributed by atoms with Gasteiger partial charge in [-0.25, -0.2) is 0 Å². The summed E-state index contributed by atoms with van der Waals surface area (Å²) in [6.45, 7) is 3.83. The number of nitrogens with two attached hydrogens (primary N) is 1. The zero-order valence-corrected chi connectivity index (χ0v) is 5.88. The van der Waals surface area contributed by atoms with Crippen molar-refractivity contribution in [3.8, 4) is 0 Å². The molecule has 10 heavy (non-hydrogen) atoms. The lowest BCUT2D eigenvalue weighted by Crippen LogP contribution is -2.60. The summed E-state index contributed by atoms with van der Waals surface area (Å²) < 4.78 is 0. The van der Waals surface area contributed by atoms with E-state index in [1.165, 1.54) is 0 Å². The highest BCUT2D eigenvalue weighted by Crippen LogP contribution is 2.06. The number of nitrogens with one attached hydrogen (secondary N) is 1. The van der Waals surface area contributed by atoms with Crippen LogP contribution >= 0.6 is 0 Å². The van der Waals surface area contributed by atoms with Crippen LogP contribution in [-0.4, -0.2) is 43.1 Å². The van der Waals surface area contributed by atoms with Gasteiger partial charge in [0.1, 0.15) is 0 Å². The van der Waals surface area contributed by atoms with Gasteiger partial charge in [0.15, 0.2) is 5.96 Å². The number of guanidine groups is 1. The lowest BCUT2D eigenvalue weighted by molar-refractivity contribution is 0.248. The van der Waals surface area contributed by atoms with Gasteiger partial charge in [-0.1, -0.05) is 0 Å². The summed E-state index contributed by atoms with van der Waals surface area (Å²) in [5.41, 5.74) is 5.61. The number of rotatable bonds is 0. The Morgan fingerprint density at radius 1 is 1.60 bits per heavy atom. The van der Waals surface area contributed by atoms with Crippen LogP contribution in [0.4, 0.5) is 0 Å². The quantitative estimate of drug-likeness (QED) is 0.434. The van der Waals surface area contributed by atoms with E-state index >= 15 is 0 Å². The molecule has 0 radical (unpaired) electrons. The molecule has 0 spiro atoms. The molecule has 0 aliphatic carbocycles. The Balaban J connectivity index is 1.89. The van der Waals surface area contributed by atoms with Crippen LogP contribution in [0.15, 0.2) is 4.99 Å². The molecule has 1 fully saturated rings. The van der Waals surface area contributed by atoms with Crippen molar-refractivity contribution in [3.63, 3.8) is 0 Å². The third-order valence-corrected chi connectivity index (χ3v) is 1.87. The second-order valence-electron chi connectivity index (χ2n) is 2.80. The lowest BCUT2D eigenvalue weighted by Gasteiger charge is -2.38. The van der Waals surface area contributed by atoms with E-state index in [0.717, 1.165) is 32.1 Å². The minimum Gasteiger partial charge on any atom is -0.354 e. The van der Waals surface area contributed by atoms with Gasteiger partial charge < -0.3 is 16.0 Å². The smallest absolute Gasteiger partial charge is 0.194 e. The third-order valence-electron chi connectivity index (χ3n) is 1.87. The maximum atomic E-state index is 5.61. The molecule has 4 heteroatoms. The maximum absolute atomic E-state index is 5.61. The van der Waals surface area contributed by atoms with Crippen LogP contribution < -0.4 is 11.1 Å². The second kappa shape index (κ2) is 2.12. The van der Waals surface area contributed by atoms with Crippen molar-refractivity contribution in [1.82, 2.24) is 10.2 Å². The maximum Gasteiger partial charge on any atom is 0.194 e. The minimum atomic E-state index is 0.366. The highest BCUT2D eigenvalue weighted by molar-refractivity contribution is 5.82. The second-order valence-corrected chi connectivity index (χ2v) is 2.80. The summed E-state index contributed by atoms with van der Waals surface area (Å²) in [6, 6.07) is 0.366. The number of hydrogen-bond donors (Lipinski definition) is 2. The van der Waals surface area contributed by atoms with E-state index in [-0.39, 0.29) is 0 Å². The van der Waals surface area contributed by atoms with E-state index in [4.69, 9.17) is 5.73 Å². The summed E-state index contributed by atoms with van der Waals surface area (Å²) >= 11 is 0. The Morgan fingerprint density at radius 2 is 2.40 bits per heavy atom. The van der Waals surface area contributed by atoms with Crippen molar-refractivity contribution in [2.75, 3.05) is 26.2 Å². The molecule has 2 heterocycles. The molecule has 2 aliphatic rings. The monoisotopic (exact) mass is 140 g/mol. The zero-order valence-electron chi connectivity index (χ0n) is 5.88. The summed E-state index contributed by atoms with van der Waals surface area (Å²) in [5, 5.41) is 3.20. The van der Waals surface area contributed by atoms with E-state index in [1.54, 1.807) is 0 Å². The van der Waals surface area contributed by atoms with Crippen molar-refractivity contribution in [2.45, 2.75) is 6.04 Å². The van der Waals surface area contributed by atoms with Crippen LogP contribution in [-0.2, 0) is 0 Å². The van der Waals surface area contributed by atoms with Crippen LogP contribution in [0, 0.1) is 0 Å². The molecule has 2 rings (SSSR count). The fourth-order valence-electron chi connectivity index (χ4n) is 1.28. The van der Waals surface area contributed by atoms with Crippen LogP contribution in [0.25, 0.3) is 0 Å². The minimum absolute atomic E-state index is 0.366. The van der Waals surface area contributed by atoms with Crippen LogP contribution in [0.5, 0.6) is 0 Å². The summed E-state index contributed by atoms with van der Waals surface area (Å²) in [6.07, 6.45) is 0. The summed E-state index contributed by atoms with van der Waals surface area (Å²) in [7, 11) is 0. The molecule has 4 nitrogen and oxygen atoms in total. The molecule has 2 aliphatic heterocycles. The number of nitrogens with zero attached hydrogens (tertiary/aromatic N) is 2. The van der Waals surface area contributed by atoms with E-state index < -0.39 is 0 Å². The first-order valence-corrected chi connectivity index (χ1v) is 3.65. The van der Waals surface area contributed by atoms with Gasteiger partial charge in [-0.2, -0.15) is 0 Å². The van der Waals surface area contributed by atoms with Gasteiger partial charge in [0.25, 0.3) is 0 Å². The van der Waals surface area contributed by atoms with Crippen molar-refractivity contribution in [3.05, 3.63) is 0 Å². The van der Waals surface area contributed by atoms with Crippen LogP contribution in [0.3, 0.4) is 0 Å². The standard InChI is InChI=1S/C6H12N4/c7-5-3-10(4-5)6-8-1-2-9-6/h5H,1-4,7H2,(H,8,9). The molecule has 0 bridgehead atoms. The highest BCUT2D eigenvalue weighted by Gasteiger charge is 2.26. The molecule has 0 saturated carbocycles. The normalized spacial score (nSPS) is 25.7. The first-order chi connectivity index (χ1) is 4.86. The van der Waals surface area contributed by atoms with E-state index in [1.807, 2.05) is 0 Å². The van der Waals surface area contributed by atoms with Gasteiger partial charge >= 0.3 is 0 Å². The van der Waals surface area contributed by atoms with Gasteiger partial charge in [-0.3, -0.25) is 4.99 Å². The van der Waals surface area contributed by atoms with Gasteiger partial charge in [0.05, 0.1) is 6.54 Å². The average Bonchev–Trinajstić information content (AvgIpc) is 2.31. The van der Waals surface area contributed by atoms with Crippen molar-refractivity contribution >= 4 is 5.96 Å². The van der Waals surface area contributed by atoms with Crippen molar-refractivity contribution < 1.29 is 0 Å². The van der Waals surface area contributed by atoms with Gasteiger partial charge in [0.2, 0.25) is 0 Å². The predicted molar refractivity (Wildman–Crippen MR) is 39.9 cm³/mol. The molecular formula is C6H12N4. The average molecular weight is 140 g/mol. The van der Waals surface area contributed by atoms with E-state index in [9.17, 15) is 0 Å². The van der Waals surface area contributed by atoms with Gasteiger partial charge in [-0.05, 0) is 0 Å². The molecule has 1 saturated heterocycles. The molecule has 3 N–H and O–H groups in total. The number of hydrogen-bond acceptors (Lipinski definition) is 4. The summed E-state index contributed by atoms with van der Waals surface area (Å²) in [4.78, 5) is 6.45. The molecule has 0 unspecified atom stereocenters. The predicted octanol–water partition coefficient (Wildman–Crippen LogP) is -1.41. The van der Waals surface area contributed by atoms with Crippen LogP contribution in [0.1, 0.15) is 0 Å². The Labute approximate surface area is 60.1 Å². The molecule has 0 atom stereocenters. The van der Waals surface area contributed by atoms with Crippen molar-refractivity contribution in [1.29, 1.82) is 0 Å². The Morgan fingerprint density at radius 3 is 2.90 bits per heavy atom. The molecule has 0 aromatic rings. The largest absolute Gasteiger partial charge is 0.354 e. The SMILES string of the molecule is NC1CN(C2=NCCN2)C1. The number of likely N-dealkylation sites (tertiary alicyclic amines) is 1. The molecule has 56 valence electrons. The van der Waals surface area contributed by atoms with Crippen LogP contribution in [0.2, 0.25) is 0 Å². The van der Waals surface area contributed by atoms with Gasteiger partial charge in [0, 0.05) is 25.7 Å². The third kappa shape index (κ3) is 0.844. The Bertz CT molecular complexity index is 159. The first kappa shape index (κ1) is 5.97. The fraction of sp³-hybridized carbons (Fsp3) is 0.833. The Hall–Kier alpha value is -0.770. The van der Waals surface area contributed by atoms with E-state index in [0.29, 0.717) is 6.04 Å². The topological polar surface area (TPSA) is 53.6 Å². The number of aliphatic imine (C=N–C) groups is 1. The zero-order chi connectivity index (χ0) is 6.97. The fourth-order valence-corrected chi connectivity index (χ4v) is 1.28. The van der Waals surface area contributed by atoms with Gasteiger partial charge in [-0.15, -0.1) is 0 Å².